The van der Waals surface area contributed by atoms with Gasteiger partial charge in [-0.15, -0.1) is 23.1 Å². The third-order valence-corrected chi connectivity index (χ3v) is 5.68. The van der Waals surface area contributed by atoms with Crippen LogP contribution in [0.4, 0.5) is 0 Å². The summed E-state index contributed by atoms with van der Waals surface area (Å²) >= 11 is 3.12. The van der Waals surface area contributed by atoms with Crippen molar-refractivity contribution in [2.45, 2.75) is 30.2 Å². The molecule has 1 N–H and O–H groups in total. The predicted molar refractivity (Wildman–Crippen MR) is 90.7 cm³/mol. The van der Waals surface area contributed by atoms with E-state index in [2.05, 4.69) is 12.1 Å². The van der Waals surface area contributed by atoms with Crippen LogP contribution < -0.4 is 0 Å². The molecule has 0 aliphatic carbocycles. The summed E-state index contributed by atoms with van der Waals surface area (Å²) in [5.41, 5.74) is 0.207. The van der Waals surface area contributed by atoms with E-state index in [1.807, 2.05) is 24.3 Å². The Hall–Kier alpha value is -1.59. The molecule has 0 amide bonds. The largest absolute Gasteiger partial charge is 0.481 e. The maximum atomic E-state index is 12.2. The lowest BCUT2D eigenvalue weighted by molar-refractivity contribution is -0.146. The number of hydrogen-bond donors (Lipinski definition) is 1. The highest BCUT2D eigenvalue weighted by molar-refractivity contribution is 8.00. The van der Waals surface area contributed by atoms with Crippen LogP contribution in [-0.2, 0) is 10.5 Å². The summed E-state index contributed by atoms with van der Waals surface area (Å²) in [5.74, 6) is -0.199. The number of Topliss-reactive ketones (excluding diaryl/α,β-unsaturated/α-hetero) is 1. The van der Waals surface area contributed by atoms with E-state index in [9.17, 15) is 9.59 Å². The zero-order valence-corrected chi connectivity index (χ0v) is 14.2. The summed E-state index contributed by atoms with van der Waals surface area (Å²) in [4.78, 5) is 23.9. The van der Waals surface area contributed by atoms with Gasteiger partial charge < -0.3 is 5.11 Å². The smallest absolute Gasteiger partial charge is 0.309 e. The summed E-state index contributed by atoms with van der Waals surface area (Å²) in [7, 11) is 0. The number of thiophene rings is 1. The van der Waals surface area contributed by atoms with Gasteiger partial charge in [0.15, 0.2) is 5.78 Å². The molecule has 1 aromatic heterocycles. The first-order valence-corrected chi connectivity index (χ1v) is 8.72. The van der Waals surface area contributed by atoms with Crippen LogP contribution in [0, 0.1) is 5.41 Å². The SMILES string of the molecule is CC(C)(CC(=O)c1ccc(SCc2ccccc2)s1)C(=O)O. The first-order chi connectivity index (χ1) is 10.4. The summed E-state index contributed by atoms with van der Waals surface area (Å²) in [6.45, 7) is 3.15. The average Bonchev–Trinajstić information content (AvgIpc) is 2.94. The predicted octanol–water partition coefficient (Wildman–Crippen LogP) is 4.72. The normalized spacial score (nSPS) is 11.4. The molecule has 22 heavy (non-hydrogen) atoms. The van der Waals surface area contributed by atoms with Crippen molar-refractivity contribution in [1.29, 1.82) is 0 Å². The van der Waals surface area contributed by atoms with Crippen molar-refractivity contribution >= 4 is 34.9 Å². The van der Waals surface area contributed by atoms with E-state index >= 15 is 0 Å². The molecule has 0 aliphatic heterocycles. The third kappa shape index (κ3) is 4.45. The fraction of sp³-hybridized carbons (Fsp3) is 0.294. The van der Waals surface area contributed by atoms with Gasteiger partial charge in [0, 0.05) is 12.2 Å². The van der Waals surface area contributed by atoms with Crippen LogP contribution in [0.1, 0.15) is 35.5 Å². The second-order valence-corrected chi connectivity index (χ2v) is 8.04. The molecule has 2 aromatic rings. The van der Waals surface area contributed by atoms with Crippen molar-refractivity contribution in [3.63, 3.8) is 0 Å². The van der Waals surface area contributed by atoms with Crippen molar-refractivity contribution in [3.8, 4) is 0 Å². The average molecular weight is 334 g/mol. The number of carbonyl (C=O) groups excluding carboxylic acids is 1. The maximum absolute atomic E-state index is 12.2. The van der Waals surface area contributed by atoms with Gasteiger partial charge in [-0.3, -0.25) is 9.59 Å². The second kappa shape index (κ2) is 7.11. The molecule has 0 saturated carbocycles. The van der Waals surface area contributed by atoms with Gasteiger partial charge in [-0.2, -0.15) is 0 Å². The van der Waals surface area contributed by atoms with E-state index in [0.717, 1.165) is 9.96 Å². The van der Waals surface area contributed by atoms with Crippen LogP contribution in [-0.4, -0.2) is 16.9 Å². The standard InChI is InChI=1S/C17H18O3S2/c1-17(2,16(19)20)10-13(18)14-8-9-15(22-14)21-11-12-6-4-3-5-7-12/h3-9H,10-11H2,1-2H3,(H,19,20). The molecule has 2 rings (SSSR count). The fourth-order valence-corrected chi connectivity index (χ4v) is 3.86. The molecule has 0 aliphatic rings. The maximum Gasteiger partial charge on any atom is 0.309 e. The molecular formula is C17H18O3S2. The van der Waals surface area contributed by atoms with Crippen LogP contribution >= 0.6 is 23.1 Å². The number of carboxylic acids is 1. The number of hydrogen-bond acceptors (Lipinski definition) is 4. The first-order valence-electron chi connectivity index (χ1n) is 6.91. The molecule has 0 atom stereocenters. The van der Waals surface area contributed by atoms with Crippen molar-refractivity contribution in [2.24, 2.45) is 5.41 Å². The molecule has 0 saturated heterocycles. The number of aliphatic carboxylic acids is 1. The van der Waals surface area contributed by atoms with Gasteiger partial charge in [0.2, 0.25) is 0 Å². The summed E-state index contributed by atoms with van der Waals surface area (Å²) in [6, 6.07) is 13.9. The van der Waals surface area contributed by atoms with Crippen molar-refractivity contribution in [2.75, 3.05) is 0 Å². The first kappa shape index (κ1) is 16.8. The second-order valence-electron chi connectivity index (χ2n) is 5.68. The summed E-state index contributed by atoms with van der Waals surface area (Å²) < 4.78 is 1.07. The minimum atomic E-state index is -1.03. The molecule has 1 aromatic carbocycles. The molecule has 5 heteroatoms. The molecule has 0 radical (unpaired) electrons. The quantitative estimate of drug-likeness (QED) is 0.588. The Morgan fingerprint density at radius 1 is 1.14 bits per heavy atom. The highest BCUT2D eigenvalue weighted by atomic mass is 32.2. The van der Waals surface area contributed by atoms with Gasteiger partial charge in [-0.05, 0) is 31.5 Å². The minimum Gasteiger partial charge on any atom is -0.481 e. The summed E-state index contributed by atoms with van der Waals surface area (Å²) in [6.07, 6.45) is 0.0195. The van der Waals surface area contributed by atoms with Gasteiger partial charge in [-0.25, -0.2) is 0 Å². The Morgan fingerprint density at radius 2 is 1.82 bits per heavy atom. The number of carboxylic acid groups (broad SMARTS) is 1. The Bertz CT molecular complexity index is 660. The van der Waals surface area contributed by atoms with E-state index in [-0.39, 0.29) is 12.2 Å². The topological polar surface area (TPSA) is 54.4 Å². The molecule has 0 spiro atoms. The number of benzene rings is 1. The number of carbonyl (C=O) groups is 2. The molecule has 0 bridgehead atoms. The van der Waals surface area contributed by atoms with Crippen molar-refractivity contribution < 1.29 is 14.7 Å². The van der Waals surface area contributed by atoms with Crippen molar-refractivity contribution in [3.05, 3.63) is 52.9 Å². The fourth-order valence-electron chi connectivity index (χ4n) is 1.84. The molecule has 116 valence electrons. The van der Waals surface area contributed by atoms with E-state index in [1.54, 1.807) is 31.7 Å². The van der Waals surface area contributed by atoms with Gasteiger partial charge in [0.25, 0.3) is 0 Å². The summed E-state index contributed by atoms with van der Waals surface area (Å²) in [5, 5.41) is 9.10. The molecule has 0 fully saturated rings. The Balaban J connectivity index is 1.96. The lowest BCUT2D eigenvalue weighted by Crippen LogP contribution is -2.26. The van der Waals surface area contributed by atoms with Crippen LogP contribution in [0.2, 0.25) is 0 Å². The van der Waals surface area contributed by atoms with Crippen LogP contribution in [0.5, 0.6) is 0 Å². The number of ketones is 1. The van der Waals surface area contributed by atoms with Gasteiger partial charge in [-0.1, -0.05) is 30.3 Å². The number of thioether (sulfide) groups is 1. The van der Waals surface area contributed by atoms with Crippen LogP contribution in [0.15, 0.2) is 46.7 Å². The van der Waals surface area contributed by atoms with Crippen molar-refractivity contribution in [1.82, 2.24) is 0 Å². The molecule has 1 heterocycles. The van der Waals surface area contributed by atoms with Crippen LogP contribution in [0.25, 0.3) is 0 Å². The van der Waals surface area contributed by atoms with E-state index < -0.39 is 11.4 Å². The van der Waals surface area contributed by atoms with E-state index in [1.165, 1.54) is 16.9 Å². The van der Waals surface area contributed by atoms with E-state index in [4.69, 9.17) is 5.11 Å². The third-order valence-electron chi connectivity index (χ3n) is 3.26. The minimum absolute atomic E-state index is 0.0195. The van der Waals surface area contributed by atoms with Gasteiger partial charge >= 0.3 is 5.97 Å². The van der Waals surface area contributed by atoms with E-state index in [0.29, 0.717) is 4.88 Å². The zero-order valence-electron chi connectivity index (χ0n) is 12.5. The highest BCUT2D eigenvalue weighted by Crippen LogP contribution is 2.32. The van der Waals surface area contributed by atoms with Gasteiger partial charge in [0.1, 0.15) is 0 Å². The lowest BCUT2D eigenvalue weighted by atomic mass is 9.87. The Morgan fingerprint density at radius 3 is 2.45 bits per heavy atom. The Labute approximate surface area is 138 Å². The Kier molecular flexibility index (Phi) is 5.42. The lowest BCUT2D eigenvalue weighted by Gasteiger charge is -2.17. The van der Waals surface area contributed by atoms with Crippen LogP contribution in [0.3, 0.4) is 0 Å². The monoisotopic (exact) mass is 334 g/mol. The molecule has 3 nitrogen and oxygen atoms in total. The molecular weight excluding hydrogens is 316 g/mol. The van der Waals surface area contributed by atoms with Gasteiger partial charge in [0.05, 0.1) is 14.5 Å². The zero-order chi connectivity index (χ0) is 16.2. The number of rotatable bonds is 7. The highest BCUT2D eigenvalue weighted by Gasteiger charge is 2.30. The molecule has 0 unspecified atom stereocenters.